The second kappa shape index (κ2) is 8.92. The first kappa shape index (κ1) is 20.5. The maximum atomic E-state index is 13.0. The Morgan fingerprint density at radius 2 is 2.00 bits per heavy atom. The highest BCUT2D eigenvalue weighted by molar-refractivity contribution is 8.15. The Labute approximate surface area is 180 Å². The second-order valence-electron chi connectivity index (χ2n) is 7.49. The van der Waals surface area contributed by atoms with Crippen LogP contribution < -0.4 is 10.1 Å². The summed E-state index contributed by atoms with van der Waals surface area (Å²) in [6.07, 6.45) is 2.10. The number of thioether (sulfide) groups is 1. The molecule has 156 valence electrons. The molecule has 2 aromatic carbocycles. The first-order chi connectivity index (χ1) is 14.5. The summed E-state index contributed by atoms with van der Waals surface area (Å²) in [6.45, 7) is 4.54. The Balaban J connectivity index is 1.43. The van der Waals surface area contributed by atoms with Gasteiger partial charge in [0.2, 0.25) is 11.8 Å². The van der Waals surface area contributed by atoms with Gasteiger partial charge in [-0.1, -0.05) is 23.9 Å². The molecule has 1 saturated heterocycles. The molecule has 1 N–H and O–H groups in total. The SMILES string of the molecule is CCOc1ccc(NC(=O)C[C@@H]2SC(=Nc3cccc(C)c3)N(C3CC3)C2=O)cc1. The summed E-state index contributed by atoms with van der Waals surface area (Å²) in [5.74, 6) is 0.558. The van der Waals surface area contributed by atoms with E-state index in [1.165, 1.54) is 11.8 Å². The molecule has 1 aliphatic carbocycles. The topological polar surface area (TPSA) is 71.0 Å². The number of amides is 2. The monoisotopic (exact) mass is 423 g/mol. The number of aryl methyl sites for hydroxylation is 1. The van der Waals surface area contributed by atoms with Crippen LogP contribution in [0.15, 0.2) is 53.5 Å². The molecule has 2 amide bonds. The number of carbonyl (C=O) groups excluding carboxylic acids is 2. The van der Waals surface area contributed by atoms with E-state index in [1.54, 1.807) is 17.0 Å². The minimum Gasteiger partial charge on any atom is -0.494 e. The van der Waals surface area contributed by atoms with E-state index in [-0.39, 0.29) is 24.3 Å². The van der Waals surface area contributed by atoms with Gasteiger partial charge < -0.3 is 10.1 Å². The van der Waals surface area contributed by atoms with Crippen LogP contribution in [0.5, 0.6) is 5.75 Å². The van der Waals surface area contributed by atoms with Crippen LogP contribution >= 0.6 is 11.8 Å². The summed E-state index contributed by atoms with van der Waals surface area (Å²) in [7, 11) is 0. The second-order valence-corrected chi connectivity index (χ2v) is 8.66. The van der Waals surface area contributed by atoms with Gasteiger partial charge in [-0.05, 0) is 68.7 Å². The van der Waals surface area contributed by atoms with Gasteiger partial charge in [-0.25, -0.2) is 4.99 Å². The molecule has 30 heavy (non-hydrogen) atoms. The number of hydrogen-bond acceptors (Lipinski definition) is 5. The van der Waals surface area contributed by atoms with Gasteiger partial charge in [0.15, 0.2) is 5.17 Å². The van der Waals surface area contributed by atoms with Crippen molar-refractivity contribution in [3.63, 3.8) is 0 Å². The molecule has 0 unspecified atom stereocenters. The number of nitrogens with zero attached hydrogens (tertiary/aromatic N) is 2. The Morgan fingerprint density at radius 3 is 2.67 bits per heavy atom. The summed E-state index contributed by atoms with van der Waals surface area (Å²) in [5, 5.41) is 3.13. The number of hydrogen-bond donors (Lipinski definition) is 1. The van der Waals surface area contributed by atoms with Gasteiger partial charge in [0, 0.05) is 18.2 Å². The maximum absolute atomic E-state index is 13.0. The molecule has 2 aromatic rings. The number of amidine groups is 1. The molecule has 1 atom stereocenters. The van der Waals surface area contributed by atoms with Crippen molar-refractivity contribution in [3.8, 4) is 5.75 Å². The average molecular weight is 424 g/mol. The summed E-state index contributed by atoms with van der Waals surface area (Å²) < 4.78 is 5.42. The van der Waals surface area contributed by atoms with Crippen LogP contribution in [0.2, 0.25) is 0 Å². The Morgan fingerprint density at radius 1 is 1.23 bits per heavy atom. The first-order valence-electron chi connectivity index (χ1n) is 10.2. The van der Waals surface area contributed by atoms with E-state index < -0.39 is 5.25 Å². The van der Waals surface area contributed by atoms with E-state index in [2.05, 4.69) is 5.32 Å². The van der Waals surface area contributed by atoms with Crippen LogP contribution in [-0.2, 0) is 9.59 Å². The van der Waals surface area contributed by atoms with E-state index in [0.29, 0.717) is 17.5 Å². The lowest BCUT2D eigenvalue weighted by molar-refractivity contribution is -0.128. The molecule has 0 spiro atoms. The Kier molecular flexibility index (Phi) is 6.08. The van der Waals surface area contributed by atoms with Crippen LogP contribution in [0.25, 0.3) is 0 Å². The van der Waals surface area contributed by atoms with E-state index >= 15 is 0 Å². The van der Waals surface area contributed by atoms with Crippen LogP contribution in [0.4, 0.5) is 11.4 Å². The van der Waals surface area contributed by atoms with E-state index in [9.17, 15) is 9.59 Å². The number of ether oxygens (including phenoxy) is 1. The summed E-state index contributed by atoms with van der Waals surface area (Å²) >= 11 is 1.39. The van der Waals surface area contributed by atoms with Gasteiger partial charge in [0.25, 0.3) is 0 Å². The fourth-order valence-electron chi connectivity index (χ4n) is 3.35. The third-order valence-corrected chi connectivity index (χ3v) is 6.08. The quantitative estimate of drug-likeness (QED) is 0.711. The first-order valence-corrected chi connectivity index (χ1v) is 11.1. The van der Waals surface area contributed by atoms with E-state index in [1.807, 2.05) is 50.2 Å². The number of carbonyl (C=O) groups is 2. The van der Waals surface area contributed by atoms with Gasteiger partial charge in [-0.2, -0.15) is 0 Å². The van der Waals surface area contributed by atoms with Crippen molar-refractivity contribution in [1.29, 1.82) is 0 Å². The summed E-state index contributed by atoms with van der Waals surface area (Å²) in [6, 6.07) is 15.3. The van der Waals surface area contributed by atoms with Crippen molar-refractivity contribution in [3.05, 3.63) is 54.1 Å². The van der Waals surface area contributed by atoms with Crippen molar-refractivity contribution < 1.29 is 14.3 Å². The van der Waals surface area contributed by atoms with Gasteiger partial charge in [-0.3, -0.25) is 14.5 Å². The van der Waals surface area contributed by atoms with Gasteiger partial charge in [0.1, 0.15) is 11.0 Å². The molecule has 6 nitrogen and oxygen atoms in total. The molecule has 1 aliphatic heterocycles. The zero-order chi connectivity index (χ0) is 21.1. The van der Waals surface area contributed by atoms with Gasteiger partial charge >= 0.3 is 0 Å². The molecule has 1 saturated carbocycles. The zero-order valence-electron chi connectivity index (χ0n) is 17.1. The van der Waals surface area contributed by atoms with Crippen LogP contribution in [0.3, 0.4) is 0 Å². The number of rotatable bonds is 7. The highest BCUT2D eigenvalue weighted by Gasteiger charge is 2.46. The molecule has 7 heteroatoms. The van der Waals surface area contributed by atoms with Crippen LogP contribution in [0, 0.1) is 6.92 Å². The molecular formula is C23H25N3O3S. The lowest BCUT2D eigenvalue weighted by atomic mass is 10.2. The average Bonchev–Trinajstić information content (AvgIpc) is 3.50. The highest BCUT2D eigenvalue weighted by atomic mass is 32.2. The van der Waals surface area contributed by atoms with Crippen molar-refractivity contribution in [2.24, 2.45) is 4.99 Å². The smallest absolute Gasteiger partial charge is 0.242 e. The largest absolute Gasteiger partial charge is 0.494 e. The summed E-state index contributed by atoms with van der Waals surface area (Å²) in [4.78, 5) is 32.1. The van der Waals surface area contributed by atoms with E-state index in [4.69, 9.17) is 9.73 Å². The zero-order valence-corrected chi connectivity index (χ0v) is 17.9. The van der Waals surface area contributed by atoms with E-state index in [0.717, 1.165) is 29.8 Å². The van der Waals surface area contributed by atoms with Gasteiger partial charge in [-0.15, -0.1) is 0 Å². The fourth-order valence-corrected chi connectivity index (χ4v) is 4.57. The number of benzene rings is 2. The van der Waals surface area contributed by atoms with Crippen LogP contribution in [-0.4, -0.2) is 39.8 Å². The minimum atomic E-state index is -0.447. The third kappa shape index (κ3) is 4.84. The number of anilines is 1. The molecule has 1 heterocycles. The summed E-state index contributed by atoms with van der Waals surface area (Å²) in [5.41, 5.74) is 2.64. The lowest BCUT2D eigenvalue weighted by Gasteiger charge is -2.15. The predicted octanol–water partition coefficient (Wildman–Crippen LogP) is 4.52. The Bertz CT molecular complexity index is 970. The Hall–Kier alpha value is -2.80. The number of aliphatic imine (C=N–C) groups is 1. The normalized spacial score (nSPS) is 19.9. The standard InChI is InChI=1S/C23H25N3O3S/c1-3-29-19-11-7-16(8-12-19)24-21(27)14-20-22(28)26(18-9-10-18)23(30-20)25-17-6-4-5-15(2)13-17/h4-8,11-13,18,20H,3,9-10,14H2,1-2H3,(H,24,27)/t20-/m0/s1. The molecule has 4 rings (SSSR count). The molecule has 0 aromatic heterocycles. The van der Waals surface area contributed by atoms with Crippen LogP contribution in [0.1, 0.15) is 31.7 Å². The van der Waals surface area contributed by atoms with Crippen molar-refractivity contribution in [1.82, 2.24) is 4.90 Å². The molecule has 2 aliphatic rings. The predicted molar refractivity (Wildman–Crippen MR) is 120 cm³/mol. The number of nitrogens with one attached hydrogen (secondary N) is 1. The van der Waals surface area contributed by atoms with Gasteiger partial charge in [0.05, 0.1) is 12.3 Å². The molecule has 0 radical (unpaired) electrons. The highest BCUT2D eigenvalue weighted by Crippen LogP contribution is 2.39. The lowest BCUT2D eigenvalue weighted by Crippen LogP contribution is -2.35. The fraction of sp³-hybridized carbons (Fsp3) is 0.348. The molecule has 0 bridgehead atoms. The van der Waals surface area contributed by atoms with Crippen molar-refractivity contribution in [2.75, 3.05) is 11.9 Å². The molecular weight excluding hydrogens is 398 g/mol. The molecule has 2 fully saturated rings. The van der Waals surface area contributed by atoms with Crippen molar-refractivity contribution in [2.45, 2.75) is 44.4 Å². The van der Waals surface area contributed by atoms with Crippen molar-refractivity contribution >= 4 is 40.1 Å². The maximum Gasteiger partial charge on any atom is 0.242 e. The third-order valence-electron chi connectivity index (χ3n) is 4.92. The minimum absolute atomic E-state index is 0.0178.